The molecular weight excluding hydrogens is 262 g/mol. The first-order valence-electron chi connectivity index (χ1n) is 8.09. The first-order chi connectivity index (χ1) is 9.70. The van der Waals surface area contributed by atoms with Crippen molar-refractivity contribution in [3.63, 3.8) is 0 Å². The van der Waals surface area contributed by atoms with Crippen LogP contribution in [0, 0.1) is 11.3 Å². The van der Waals surface area contributed by atoms with Gasteiger partial charge >= 0.3 is 0 Å². The largest absolute Gasteiger partial charge is 0.315 e. The molecule has 0 aromatic heterocycles. The van der Waals surface area contributed by atoms with E-state index < -0.39 is 0 Å². The van der Waals surface area contributed by atoms with Gasteiger partial charge in [-0.15, -0.1) is 11.8 Å². The molecule has 0 aliphatic heterocycles. The minimum Gasteiger partial charge on any atom is -0.315 e. The first kappa shape index (κ1) is 15.9. The Kier molecular flexibility index (Phi) is 6.44. The second-order valence-electron chi connectivity index (χ2n) is 6.64. The van der Waals surface area contributed by atoms with Gasteiger partial charge in [0.1, 0.15) is 0 Å². The molecule has 1 aliphatic rings. The van der Waals surface area contributed by atoms with Crippen molar-refractivity contribution in [2.45, 2.75) is 50.8 Å². The van der Waals surface area contributed by atoms with Gasteiger partial charge in [0.05, 0.1) is 0 Å². The van der Waals surface area contributed by atoms with E-state index in [4.69, 9.17) is 0 Å². The fraction of sp³-hybridized carbons (Fsp3) is 0.667. The minimum atomic E-state index is 0.603. The van der Waals surface area contributed by atoms with Crippen LogP contribution in [0.2, 0.25) is 0 Å². The number of benzene rings is 1. The highest BCUT2D eigenvalue weighted by Crippen LogP contribution is 2.42. The zero-order chi connectivity index (χ0) is 14.3. The third-order valence-electron chi connectivity index (χ3n) is 4.30. The number of hydrogen-bond acceptors (Lipinski definition) is 2. The topological polar surface area (TPSA) is 12.0 Å². The van der Waals surface area contributed by atoms with Gasteiger partial charge in [0.15, 0.2) is 0 Å². The molecule has 0 atom stereocenters. The maximum atomic E-state index is 3.72. The predicted octanol–water partition coefficient (Wildman–Crippen LogP) is 4.97. The lowest BCUT2D eigenvalue weighted by atomic mass is 9.78. The molecule has 1 nitrogen and oxygen atoms in total. The Morgan fingerprint density at radius 3 is 2.50 bits per heavy atom. The van der Waals surface area contributed by atoms with E-state index in [1.807, 2.05) is 11.8 Å². The van der Waals surface area contributed by atoms with Crippen LogP contribution in [-0.2, 0) is 0 Å². The van der Waals surface area contributed by atoms with Crippen LogP contribution in [0.15, 0.2) is 35.2 Å². The number of thioether (sulfide) groups is 1. The fourth-order valence-corrected chi connectivity index (χ4v) is 4.39. The Hall–Kier alpha value is -0.470. The van der Waals surface area contributed by atoms with E-state index in [0.717, 1.165) is 12.5 Å². The van der Waals surface area contributed by atoms with Crippen LogP contribution in [0.4, 0.5) is 0 Å². The highest BCUT2D eigenvalue weighted by Gasteiger charge is 2.33. The average molecular weight is 292 g/mol. The summed E-state index contributed by atoms with van der Waals surface area (Å²) < 4.78 is 0. The van der Waals surface area contributed by atoms with Crippen molar-refractivity contribution in [2.75, 3.05) is 18.8 Å². The van der Waals surface area contributed by atoms with E-state index in [-0.39, 0.29) is 0 Å². The van der Waals surface area contributed by atoms with Gasteiger partial charge in [-0.05, 0) is 42.7 Å². The lowest BCUT2D eigenvalue weighted by molar-refractivity contribution is 0.226. The number of hydrogen-bond donors (Lipinski definition) is 1. The van der Waals surface area contributed by atoms with Crippen LogP contribution >= 0.6 is 11.8 Å². The monoisotopic (exact) mass is 291 g/mol. The molecule has 2 rings (SSSR count). The smallest absolute Gasteiger partial charge is 0.0106 e. The first-order valence-corrected chi connectivity index (χ1v) is 9.07. The molecule has 1 N–H and O–H groups in total. The second-order valence-corrected chi connectivity index (χ2v) is 7.81. The van der Waals surface area contributed by atoms with E-state index in [9.17, 15) is 0 Å². The molecule has 0 saturated heterocycles. The summed E-state index contributed by atoms with van der Waals surface area (Å²) in [5, 5.41) is 3.72. The van der Waals surface area contributed by atoms with Gasteiger partial charge in [0.25, 0.3) is 0 Å². The third-order valence-corrected chi connectivity index (χ3v) is 5.31. The molecule has 0 spiro atoms. The van der Waals surface area contributed by atoms with Crippen LogP contribution in [0.3, 0.4) is 0 Å². The van der Waals surface area contributed by atoms with Gasteiger partial charge in [-0.25, -0.2) is 0 Å². The van der Waals surface area contributed by atoms with Crippen molar-refractivity contribution >= 4 is 11.8 Å². The molecule has 1 fully saturated rings. The highest BCUT2D eigenvalue weighted by atomic mass is 32.2. The molecule has 2 heteroatoms. The van der Waals surface area contributed by atoms with Gasteiger partial charge < -0.3 is 5.32 Å². The molecule has 1 aliphatic carbocycles. The van der Waals surface area contributed by atoms with Crippen LogP contribution in [0.1, 0.15) is 46.0 Å². The van der Waals surface area contributed by atoms with Gasteiger partial charge in [-0.2, -0.15) is 0 Å². The van der Waals surface area contributed by atoms with Gasteiger partial charge in [0.2, 0.25) is 0 Å². The van der Waals surface area contributed by atoms with Crippen molar-refractivity contribution in [1.29, 1.82) is 0 Å². The van der Waals surface area contributed by atoms with E-state index in [1.165, 1.54) is 49.3 Å². The summed E-state index contributed by atoms with van der Waals surface area (Å²) in [6.45, 7) is 7.08. The SMILES string of the molecule is CC(C)CC1(CNCCSc2ccccc2)CCCC1. The normalized spacial score (nSPS) is 17.8. The number of nitrogens with one attached hydrogen (secondary N) is 1. The lowest BCUT2D eigenvalue weighted by Crippen LogP contribution is -2.34. The van der Waals surface area contributed by atoms with Crippen molar-refractivity contribution in [2.24, 2.45) is 11.3 Å². The molecule has 0 heterocycles. The summed E-state index contributed by atoms with van der Waals surface area (Å²) in [5.41, 5.74) is 0.603. The summed E-state index contributed by atoms with van der Waals surface area (Å²) in [5.74, 6) is 2.00. The molecule has 20 heavy (non-hydrogen) atoms. The fourth-order valence-electron chi connectivity index (χ4n) is 3.56. The average Bonchev–Trinajstić information content (AvgIpc) is 2.87. The molecule has 112 valence electrons. The van der Waals surface area contributed by atoms with E-state index in [1.54, 1.807) is 0 Å². The summed E-state index contributed by atoms with van der Waals surface area (Å²) in [7, 11) is 0. The van der Waals surface area contributed by atoms with Gasteiger partial charge in [0, 0.05) is 23.7 Å². The summed E-state index contributed by atoms with van der Waals surface area (Å²) in [4.78, 5) is 1.38. The Morgan fingerprint density at radius 2 is 1.85 bits per heavy atom. The van der Waals surface area contributed by atoms with Crippen LogP contribution < -0.4 is 5.32 Å². The summed E-state index contributed by atoms with van der Waals surface area (Å²) in [6, 6.07) is 10.7. The van der Waals surface area contributed by atoms with Crippen molar-refractivity contribution in [3.8, 4) is 0 Å². The highest BCUT2D eigenvalue weighted by molar-refractivity contribution is 7.99. The number of rotatable bonds is 8. The van der Waals surface area contributed by atoms with Crippen LogP contribution in [0.25, 0.3) is 0 Å². The van der Waals surface area contributed by atoms with Crippen molar-refractivity contribution < 1.29 is 0 Å². The minimum absolute atomic E-state index is 0.603. The molecule has 0 radical (unpaired) electrons. The zero-order valence-electron chi connectivity index (χ0n) is 13.0. The Bertz CT molecular complexity index is 368. The Morgan fingerprint density at radius 1 is 1.15 bits per heavy atom. The van der Waals surface area contributed by atoms with Gasteiger partial charge in [-0.1, -0.05) is 44.9 Å². The molecule has 1 saturated carbocycles. The van der Waals surface area contributed by atoms with Crippen molar-refractivity contribution in [3.05, 3.63) is 30.3 Å². The van der Waals surface area contributed by atoms with Gasteiger partial charge in [-0.3, -0.25) is 0 Å². The Balaban J connectivity index is 1.66. The quantitative estimate of drug-likeness (QED) is 0.536. The lowest BCUT2D eigenvalue weighted by Gasteiger charge is -2.31. The zero-order valence-corrected chi connectivity index (χ0v) is 13.8. The maximum Gasteiger partial charge on any atom is 0.0106 e. The molecule has 0 amide bonds. The van der Waals surface area contributed by atoms with E-state index >= 15 is 0 Å². The predicted molar refractivity (Wildman–Crippen MR) is 90.4 cm³/mol. The molecule has 0 bridgehead atoms. The standard InChI is InChI=1S/C18H29NS/c1-16(2)14-18(10-6-7-11-18)15-19-12-13-20-17-8-4-3-5-9-17/h3-5,8-9,16,19H,6-7,10-15H2,1-2H3. The molecule has 1 aromatic carbocycles. The molecule has 1 aromatic rings. The summed E-state index contributed by atoms with van der Waals surface area (Å²) >= 11 is 1.95. The Labute approximate surface area is 128 Å². The van der Waals surface area contributed by atoms with E-state index in [0.29, 0.717) is 5.41 Å². The molecule has 0 unspecified atom stereocenters. The van der Waals surface area contributed by atoms with E-state index in [2.05, 4.69) is 49.5 Å². The molecular formula is C18H29NS. The van der Waals surface area contributed by atoms with Crippen molar-refractivity contribution in [1.82, 2.24) is 5.32 Å². The van der Waals surface area contributed by atoms with Crippen LogP contribution in [0.5, 0.6) is 0 Å². The van der Waals surface area contributed by atoms with Crippen LogP contribution in [-0.4, -0.2) is 18.8 Å². The third kappa shape index (κ3) is 5.14. The second kappa shape index (κ2) is 8.09. The maximum absolute atomic E-state index is 3.72. The summed E-state index contributed by atoms with van der Waals surface area (Å²) in [6.07, 6.45) is 7.14.